The lowest BCUT2D eigenvalue weighted by Crippen LogP contribution is -2.72. The van der Waals surface area contributed by atoms with Crippen LogP contribution in [0.25, 0.3) is 0 Å². The number of carbonyl (C=O) groups is 2. The fourth-order valence-corrected chi connectivity index (χ4v) is 5.53. The number of ketones is 1. The van der Waals surface area contributed by atoms with Crippen molar-refractivity contribution in [2.45, 2.75) is 132 Å². The second kappa shape index (κ2) is 11.0. The molecular formula is C29H55N3O3. The molecule has 1 amide bonds. The van der Waals surface area contributed by atoms with Gasteiger partial charge in [0.2, 0.25) is 6.41 Å². The minimum Gasteiger partial charge on any atom is -0.383 e. The Kier molecular flexibility index (Phi) is 10.0. The van der Waals surface area contributed by atoms with Crippen molar-refractivity contribution >= 4 is 12.2 Å². The van der Waals surface area contributed by atoms with Crippen LogP contribution in [0.3, 0.4) is 0 Å². The summed E-state index contributed by atoms with van der Waals surface area (Å²) in [5.74, 6) is -0.0613. The van der Waals surface area contributed by atoms with Gasteiger partial charge in [-0.1, -0.05) is 75.7 Å². The molecule has 1 fully saturated rings. The lowest BCUT2D eigenvalue weighted by molar-refractivity contribution is -0.130. The van der Waals surface area contributed by atoms with E-state index in [1.807, 2.05) is 0 Å². The molecule has 6 heteroatoms. The summed E-state index contributed by atoms with van der Waals surface area (Å²) >= 11 is 0. The molecule has 35 heavy (non-hydrogen) atoms. The SMILES string of the molecule is CC(=O)/C=C/C1(O)C(C)(C)CCCC1(C)NC(CC(C)(C)C)C(C)(C)CNC(NC=O)C(C)(C)C. The zero-order chi connectivity index (χ0) is 27.5. The van der Waals surface area contributed by atoms with Gasteiger partial charge < -0.3 is 15.7 Å². The second-order valence-electron chi connectivity index (χ2n) is 14.7. The van der Waals surface area contributed by atoms with Crippen LogP contribution in [0.1, 0.15) is 109 Å². The van der Waals surface area contributed by atoms with Gasteiger partial charge in [0.25, 0.3) is 0 Å². The summed E-state index contributed by atoms with van der Waals surface area (Å²) in [6.45, 7) is 26.0. The van der Waals surface area contributed by atoms with Crippen LogP contribution in [0.4, 0.5) is 0 Å². The Labute approximate surface area is 215 Å². The molecule has 0 radical (unpaired) electrons. The van der Waals surface area contributed by atoms with Gasteiger partial charge in [-0.05, 0) is 66.9 Å². The van der Waals surface area contributed by atoms with Crippen molar-refractivity contribution in [3.05, 3.63) is 12.2 Å². The Bertz CT molecular complexity index is 760. The van der Waals surface area contributed by atoms with Crippen molar-refractivity contribution < 1.29 is 14.7 Å². The van der Waals surface area contributed by atoms with Crippen LogP contribution in [0, 0.1) is 21.7 Å². The highest BCUT2D eigenvalue weighted by molar-refractivity contribution is 5.87. The summed E-state index contributed by atoms with van der Waals surface area (Å²) < 4.78 is 0. The first-order valence-electron chi connectivity index (χ1n) is 13.2. The summed E-state index contributed by atoms with van der Waals surface area (Å²) in [6.07, 6.45) is 7.48. The van der Waals surface area contributed by atoms with E-state index in [9.17, 15) is 14.7 Å². The molecule has 6 nitrogen and oxygen atoms in total. The molecule has 0 saturated heterocycles. The third kappa shape index (κ3) is 8.13. The summed E-state index contributed by atoms with van der Waals surface area (Å²) in [7, 11) is 0. The van der Waals surface area contributed by atoms with E-state index in [0.717, 1.165) is 32.1 Å². The molecule has 1 aliphatic rings. The molecule has 1 rings (SSSR count). The average molecular weight is 494 g/mol. The van der Waals surface area contributed by atoms with Crippen molar-refractivity contribution in [2.75, 3.05) is 6.54 Å². The van der Waals surface area contributed by atoms with Gasteiger partial charge in [-0.3, -0.25) is 14.9 Å². The largest absolute Gasteiger partial charge is 0.383 e. The van der Waals surface area contributed by atoms with Gasteiger partial charge in [0.1, 0.15) is 5.60 Å². The zero-order valence-electron chi connectivity index (χ0n) is 24.7. The average Bonchev–Trinajstić information content (AvgIpc) is 2.65. The Morgan fingerprint density at radius 3 is 2.06 bits per heavy atom. The number of nitrogens with one attached hydrogen (secondary N) is 3. The van der Waals surface area contributed by atoms with E-state index in [4.69, 9.17) is 0 Å². The van der Waals surface area contributed by atoms with Gasteiger partial charge in [0, 0.05) is 18.1 Å². The van der Waals surface area contributed by atoms with Gasteiger partial charge in [-0.15, -0.1) is 0 Å². The lowest BCUT2D eigenvalue weighted by Gasteiger charge is -2.59. The number of carbonyl (C=O) groups excluding carboxylic acids is 2. The van der Waals surface area contributed by atoms with Gasteiger partial charge in [-0.25, -0.2) is 0 Å². The van der Waals surface area contributed by atoms with Crippen molar-refractivity contribution in [3.63, 3.8) is 0 Å². The van der Waals surface area contributed by atoms with E-state index in [1.165, 1.54) is 13.0 Å². The standard InChI is InChI=1S/C29H55N3O3/c1-21(34)14-17-29(35)27(10,11)15-13-16-28(29,12)32-22(18-24(2,3)4)26(8,9)19-30-23(31-20-33)25(5,6)7/h14,17,20,22-23,30,32,35H,13,15-16,18-19H2,1-12H3,(H,31,33)/b17-14+. The Hall–Kier alpha value is -1.24. The fourth-order valence-electron chi connectivity index (χ4n) is 5.53. The summed E-state index contributed by atoms with van der Waals surface area (Å²) in [5, 5.41) is 22.7. The molecule has 0 bridgehead atoms. The summed E-state index contributed by atoms with van der Waals surface area (Å²) in [4.78, 5) is 23.1. The monoisotopic (exact) mass is 493 g/mol. The van der Waals surface area contributed by atoms with E-state index < -0.39 is 16.6 Å². The third-order valence-electron chi connectivity index (χ3n) is 8.03. The highest BCUT2D eigenvalue weighted by Gasteiger charge is 2.58. The van der Waals surface area contributed by atoms with Crippen LogP contribution in [0.2, 0.25) is 0 Å². The van der Waals surface area contributed by atoms with Gasteiger partial charge in [0.05, 0.1) is 6.17 Å². The van der Waals surface area contributed by atoms with E-state index in [1.54, 1.807) is 6.08 Å². The van der Waals surface area contributed by atoms with Crippen molar-refractivity contribution in [1.29, 1.82) is 0 Å². The molecule has 0 aromatic carbocycles. The third-order valence-corrected chi connectivity index (χ3v) is 8.03. The van der Waals surface area contributed by atoms with Crippen molar-refractivity contribution in [1.82, 2.24) is 16.0 Å². The fraction of sp³-hybridized carbons (Fsp3) is 0.862. The van der Waals surface area contributed by atoms with Crippen LogP contribution in [-0.4, -0.2) is 47.2 Å². The highest BCUT2D eigenvalue weighted by atomic mass is 16.3. The molecule has 0 spiro atoms. The number of hydrogen-bond acceptors (Lipinski definition) is 5. The van der Waals surface area contributed by atoms with Crippen LogP contribution >= 0.6 is 0 Å². The predicted molar refractivity (Wildman–Crippen MR) is 146 cm³/mol. The molecule has 4 unspecified atom stereocenters. The summed E-state index contributed by atoms with van der Waals surface area (Å²) in [6, 6.07) is 0.0722. The van der Waals surface area contributed by atoms with E-state index >= 15 is 0 Å². The molecule has 4 atom stereocenters. The lowest BCUT2D eigenvalue weighted by atomic mass is 9.56. The van der Waals surface area contributed by atoms with Gasteiger partial charge in [0.15, 0.2) is 5.78 Å². The number of rotatable bonds is 11. The minimum absolute atomic E-state index is 0.0613. The topological polar surface area (TPSA) is 90.5 Å². The Balaban J connectivity index is 3.40. The maximum Gasteiger partial charge on any atom is 0.208 e. The normalized spacial score (nSPS) is 27.5. The molecule has 0 aromatic heterocycles. The molecular weight excluding hydrogens is 438 g/mol. The van der Waals surface area contributed by atoms with E-state index in [0.29, 0.717) is 6.54 Å². The molecule has 204 valence electrons. The quantitative estimate of drug-likeness (QED) is 0.186. The maximum absolute atomic E-state index is 12.2. The molecule has 1 aliphatic carbocycles. The number of amides is 1. The molecule has 0 aliphatic heterocycles. The first-order valence-corrected chi connectivity index (χ1v) is 13.2. The van der Waals surface area contributed by atoms with E-state index in [-0.39, 0.29) is 34.2 Å². The Morgan fingerprint density at radius 1 is 1.03 bits per heavy atom. The van der Waals surface area contributed by atoms with Gasteiger partial charge in [-0.2, -0.15) is 0 Å². The molecule has 0 aromatic rings. The van der Waals surface area contributed by atoms with Crippen LogP contribution in [0.5, 0.6) is 0 Å². The summed E-state index contributed by atoms with van der Waals surface area (Å²) in [5.41, 5.74) is -2.46. The van der Waals surface area contributed by atoms with Gasteiger partial charge >= 0.3 is 0 Å². The number of allylic oxidation sites excluding steroid dienone is 1. The first kappa shape index (κ1) is 31.8. The highest BCUT2D eigenvalue weighted by Crippen LogP contribution is 2.51. The minimum atomic E-state index is -1.18. The number of aliphatic hydroxyl groups is 1. The molecule has 1 saturated carbocycles. The second-order valence-corrected chi connectivity index (χ2v) is 14.7. The molecule has 0 heterocycles. The smallest absolute Gasteiger partial charge is 0.208 e. The number of hydrogen-bond donors (Lipinski definition) is 4. The van der Waals surface area contributed by atoms with Crippen molar-refractivity contribution in [2.24, 2.45) is 21.7 Å². The van der Waals surface area contributed by atoms with Crippen LogP contribution in [0.15, 0.2) is 12.2 Å². The molecule has 4 N–H and O–H groups in total. The van der Waals surface area contributed by atoms with Crippen LogP contribution in [-0.2, 0) is 9.59 Å². The first-order chi connectivity index (χ1) is 15.6. The van der Waals surface area contributed by atoms with Crippen molar-refractivity contribution in [3.8, 4) is 0 Å². The maximum atomic E-state index is 12.2. The van der Waals surface area contributed by atoms with Crippen LogP contribution < -0.4 is 16.0 Å². The predicted octanol–water partition coefficient (Wildman–Crippen LogP) is 4.96. The Morgan fingerprint density at radius 2 is 1.60 bits per heavy atom. The van der Waals surface area contributed by atoms with E-state index in [2.05, 4.69) is 92.1 Å². The zero-order valence-corrected chi connectivity index (χ0v) is 24.7.